The lowest BCUT2D eigenvalue weighted by atomic mass is 9.97. The number of nitrogens with one attached hydrogen (secondary N) is 3. The Balaban J connectivity index is 1.88. The molecule has 26 heavy (non-hydrogen) atoms. The molecule has 2 aliphatic rings. The van der Waals surface area contributed by atoms with Crippen LogP contribution in [0.2, 0.25) is 0 Å². The molecule has 0 bridgehead atoms. The second-order valence-electron chi connectivity index (χ2n) is 7.04. The van der Waals surface area contributed by atoms with Crippen LogP contribution in [-0.4, -0.2) is 45.1 Å². The summed E-state index contributed by atoms with van der Waals surface area (Å²) in [5.41, 5.74) is 0.230. The maximum Gasteiger partial charge on any atom is 0.326 e. The largest absolute Gasteiger partial charge is 0.506 e. The van der Waals surface area contributed by atoms with Gasteiger partial charge in [-0.15, -0.1) is 0 Å². The van der Waals surface area contributed by atoms with Gasteiger partial charge in [0.15, 0.2) is 5.82 Å². The molecular formula is C16H23FN4O4S. The van der Waals surface area contributed by atoms with E-state index in [4.69, 9.17) is 0 Å². The van der Waals surface area contributed by atoms with Gasteiger partial charge in [-0.05, 0) is 25.3 Å². The third-order valence-corrected chi connectivity index (χ3v) is 5.91. The Kier molecular flexibility index (Phi) is 4.98. The summed E-state index contributed by atoms with van der Waals surface area (Å²) >= 11 is 0. The van der Waals surface area contributed by atoms with E-state index in [1.54, 1.807) is 4.72 Å². The average molecular weight is 386 g/mol. The fourth-order valence-electron chi connectivity index (χ4n) is 3.18. The van der Waals surface area contributed by atoms with Gasteiger partial charge in [0.2, 0.25) is 0 Å². The van der Waals surface area contributed by atoms with Gasteiger partial charge in [-0.3, -0.25) is 4.79 Å². The first-order valence-electron chi connectivity index (χ1n) is 8.54. The molecule has 0 aromatic heterocycles. The number of hydrogen-bond donors (Lipinski definition) is 4. The summed E-state index contributed by atoms with van der Waals surface area (Å²) in [6.07, 6.45) is 1.35. The summed E-state index contributed by atoms with van der Waals surface area (Å²) in [5.74, 6) is -1.58. The van der Waals surface area contributed by atoms with Gasteiger partial charge in [0.1, 0.15) is 18.0 Å². The molecule has 4 N–H and O–H groups in total. The monoisotopic (exact) mass is 386 g/mol. The van der Waals surface area contributed by atoms with E-state index < -0.39 is 39.9 Å². The fraction of sp³-hybridized carbons (Fsp3) is 0.562. The summed E-state index contributed by atoms with van der Waals surface area (Å²) in [6.45, 7) is 5.05. The molecule has 1 unspecified atom stereocenters. The zero-order valence-electron chi connectivity index (χ0n) is 14.7. The van der Waals surface area contributed by atoms with Crippen molar-refractivity contribution in [1.29, 1.82) is 0 Å². The minimum atomic E-state index is -4.20. The predicted octanol–water partition coefficient (Wildman–Crippen LogP) is 0.685. The number of rotatable bonds is 5. The number of halogens is 1. The van der Waals surface area contributed by atoms with Crippen molar-refractivity contribution in [2.24, 2.45) is 5.92 Å². The SMILES string of the molecule is CC(C)CCNC1CNc2cc(O)c(N3CC(=O)NS3(=O)=O)c(F)c2C1. The van der Waals surface area contributed by atoms with Crippen molar-refractivity contribution in [2.45, 2.75) is 32.7 Å². The number of phenols is 1. The number of benzene rings is 1. The first-order valence-corrected chi connectivity index (χ1v) is 9.98. The lowest BCUT2D eigenvalue weighted by molar-refractivity contribution is -0.117. The fourth-order valence-corrected chi connectivity index (χ4v) is 4.34. The summed E-state index contributed by atoms with van der Waals surface area (Å²) in [6, 6.07) is 1.29. The molecule has 10 heteroatoms. The van der Waals surface area contributed by atoms with Crippen LogP contribution in [-0.2, 0) is 21.4 Å². The number of hydrogen-bond acceptors (Lipinski definition) is 6. The molecule has 8 nitrogen and oxygen atoms in total. The zero-order valence-corrected chi connectivity index (χ0v) is 15.5. The van der Waals surface area contributed by atoms with Gasteiger partial charge in [0, 0.05) is 29.9 Å². The molecule has 0 spiro atoms. The van der Waals surface area contributed by atoms with Crippen molar-refractivity contribution in [3.63, 3.8) is 0 Å². The highest BCUT2D eigenvalue weighted by Gasteiger charge is 2.39. The molecule has 2 heterocycles. The van der Waals surface area contributed by atoms with E-state index in [2.05, 4.69) is 24.5 Å². The van der Waals surface area contributed by atoms with E-state index in [0.29, 0.717) is 34.4 Å². The summed E-state index contributed by atoms with van der Waals surface area (Å²) < 4.78 is 41.4. The number of anilines is 2. The van der Waals surface area contributed by atoms with Gasteiger partial charge in [-0.25, -0.2) is 13.4 Å². The number of carbonyl (C=O) groups excluding carboxylic acids is 1. The average Bonchev–Trinajstić information content (AvgIpc) is 2.80. The molecular weight excluding hydrogens is 363 g/mol. The maximum atomic E-state index is 15.1. The van der Waals surface area contributed by atoms with Crippen LogP contribution in [0.5, 0.6) is 5.75 Å². The minimum absolute atomic E-state index is 0.0110. The number of carbonyl (C=O) groups is 1. The molecule has 1 aromatic carbocycles. The first-order chi connectivity index (χ1) is 12.2. The molecule has 2 aliphatic heterocycles. The first kappa shape index (κ1) is 18.7. The van der Waals surface area contributed by atoms with E-state index in [9.17, 15) is 18.3 Å². The van der Waals surface area contributed by atoms with Gasteiger partial charge < -0.3 is 15.7 Å². The third kappa shape index (κ3) is 3.56. The Labute approximate surface area is 151 Å². The topological polar surface area (TPSA) is 111 Å². The Morgan fingerprint density at radius 3 is 2.81 bits per heavy atom. The van der Waals surface area contributed by atoms with Crippen molar-refractivity contribution in [3.8, 4) is 5.75 Å². The van der Waals surface area contributed by atoms with Crippen LogP contribution in [0.15, 0.2) is 6.07 Å². The molecule has 144 valence electrons. The highest BCUT2D eigenvalue weighted by molar-refractivity contribution is 7.92. The van der Waals surface area contributed by atoms with Gasteiger partial charge in [0.25, 0.3) is 5.91 Å². The van der Waals surface area contributed by atoms with Crippen LogP contribution in [0.4, 0.5) is 15.8 Å². The minimum Gasteiger partial charge on any atom is -0.506 e. The van der Waals surface area contributed by atoms with Crippen LogP contribution in [0, 0.1) is 11.7 Å². The van der Waals surface area contributed by atoms with Crippen LogP contribution in [0.1, 0.15) is 25.8 Å². The number of nitrogens with zero attached hydrogens (tertiary/aromatic N) is 1. The van der Waals surface area contributed by atoms with E-state index in [-0.39, 0.29) is 6.04 Å². The zero-order chi connectivity index (χ0) is 19.1. The van der Waals surface area contributed by atoms with Crippen molar-refractivity contribution in [1.82, 2.24) is 10.0 Å². The maximum absolute atomic E-state index is 15.1. The summed E-state index contributed by atoms with van der Waals surface area (Å²) in [4.78, 5) is 11.4. The molecule has 1 atom stereocenters. The van der Waals surface area contributed by atoms with Crippen molar-refractivity contribution < 1.29 is 22.7 Å². The van der Waals surface area contributed by atoms with Gasteiger partial charge in [0.05, 0.1) is 0 Å². The Morgan fingerprint density at radius 2 is 2.19 bits per heavy atom. The van der Waals surface area contributed by atoms with Gasteiger partial charge in [-0.2, -0.15) is 8.42 Å². The van der Waals surface area contributed by atoms with Gasteiger partial charge in [-0.1, -0.05) is 13.8 Å². The molecule has 0 aliphatic carbocycles. The van der Waals surface area contributed by atoms with E-state index in [1.807, 2.05) is 0 Å². The molecule has 0 saturated carbocycles. The second-order valence-corrected chi connectivity index (χ2v) is 8.63. The normalized spacial score (nSPS) is 21.5. The Hall–Kier alpha value is -2.07. The van der Waals surface area contributed by atoms with Crippen LogP contribution in [0.25, 0.3) is 0 Å². The predicted molar refractivity (Wildman–Crippen MR) is 95.9 cm³/mol. The number of amides is 1. The quantitative estimate of drug-likeness (QED) is 0.592. The Bertz CT molecular complexity index is 828. The number of aromatic hydroxyl groups is 1. The van der Waals surface area contributed by atoms with Crippen LogP contribution >= 0.6 is 0 Å². The van der Waals surface area contributed by atoms with Gasteiger partial charge >= 0.3 is 10.2 Å². The molecule has 3 rings (SSSR count). The highest BCUT2D eigenvalue weighted by Crippen LogP contribution is 2.40. The second kappa shape index (κ2) is 6.92. The summed E-state index contributed by atoms with van der Waals surface area (Å²) in [7, 11) is -4.20. The lowest BCUT2D eigenvalue weighted by Gasteiger charge is -2.29. The summed E-state index contributed by atoms with van der Waals surface area (Å²) in [5, 5.41) is 16.6. The number of phenolic OH excluding ortho intramolecular Hbond substituents is 1. The smallest absolute Gasteiger partial charge is 0.326 e. The standard InChI is InChI=1S/C16H23FN4O4S/c1-9(2)3-4-18-10-5-11-12(19-7-10)6-13(22)16(15(11)17)21-8-14(23)20-26(21,24)25/h6,9-10,18-19,22H,3-5,7-8H2,1-2H3,(H,20,23). The molecule has 1 fully saturated rings. The van der Waals surface area contributed by atoms with Crippen LogP contribution in [0.3, 0.4) is 0 Å². The van der Waals surface area contributed by atoms with E-state index in [1.165, 1.54) is 6.07 Å². The van der Waals surface area contributed by atoms with E-state index >= 15 is 4.39 Å². The molecule has 1 saturated heterocycles. The molecule has 1 amide bonds. The molecule has 0 radical (unpaired) electrons. The van der Waals surface area contributed by atoms with Crippen molar-refractivity contribution in [2.75, 3.05) is 29.3 Å². The lowest BCUT2D eigenvalue weighted by Crippen LogP contribution is -2.41. The van der Waals surface area contributed by atoms with Crippen molar-refractivity contribution >= 4 is 27.5 Å². The van der Waals surface area contributed by atoms with Crippen LogP contribution < -0.4 is 19.7 Å². The van der Waals surface area contributed by atoms with Crippen molar-refractivity contribution in [3.05, 3.63) is 17.4 Å². The number of fused-ring (bicyclic) bond motifs is 1. The van der Waals surface area contributed by atoms with E-state index in [0.717, 1.165) is 13.0 Å². The third-order valence-electron chi connectivity index (χ3n) is 4.54. The molecule has 1 aromatic rings. The highest BCUT2D eigenvalue weighted by atomic mass is 32.2. The Morgan fingerprint density at radius 1 is 1.46 bits per heavy atom.